The molecule has 2 N–H and O–H groups in total. The number of carbonyl (C=O) groups is 1. The fraction of sp³-hybridized carbons (Fsp3) is 0.458. The summed E-state index contributed by atoms with van der Waals surface area (Å²) in [4.78, 5) is 19.8. The van der Waals surface area contributed by atoms with Crippen LogP contribution in [-0.2, 0) is 5.41 Å². The van der Waals surface area contributed by atoms with Crippen molar-refractivity contribution in [1.29, 1.82) is 0 Å². The smallest absolute Gasteiger partial charge is 0.291 e. The van der Waals surface area contributed by atoms with E-state index in [1.54, 1.807) is 4.52 Å². The molecule has 0 radical (unpaired) electrons. The number of nitrogens with one attached hydrogen (secondary N) is 2. The predicted octanol–water partition coefficient (Wildman–Crippen LogP) is 2.30. The highest BCUT2D eigenvalue weighted by molar-refractivity contribution is 5.92. The van der Waals surface area contributed by atoms with Gasteiger partial charge >= 0.3 is 0 Å². The first kappa shape index (κ1) is 18.8. The maximum atomic E-state index is 12.8. The van der Waals surface area contributed by atoms with Crippen molar-refractivity contribution >= 4 is 17.2 Å². The Balaban J connectivity index is 1.25. The van der Waals surface area contributed by atoms with E-state index in [1.165, 1.54) is 5.56 Å². The van der Waals surface area contributed by atoms with Crippen LogP contribution in [0.25, 0.3) is 5.65 Å². The quantitative estimate of drug-likeness (QED) is 0.683. The number of hydrogen-bond donors (Lipinski definition) is 2. The van der Waals surface area contributed by atoms with Crippen molar-refractivity contribution in [2.75, 3.05) is 31.1 Å². The summed E-state index contributed by atoms with van der Waals surface area (Å²) < 4.78 is 1.77. The number of anilines is 1. The molecule has 7 nitrogen and oxygen atoms in total. The Hall–Kier alpha value is -2.93. The van der Waals surface area contributed by atoms with E-state index in [9.17, 15) is 4.79 Å². The number of amides is 1. The number of hydrogen-bond acceptors (Lipinski definition) is 5. The monoisotopic (exact) mass is 416 g/mol. The second-order valence-electron chi connectivity index (χ2n) is 9.83. The van der Waals surface area contributed by atoms with Crippen LogP contribution in [0.3, 0.4) is 0 Å². The number of aryl methyl sites for hydroxylation is 1. The second-order valence-corrected chi connectivity index (χ2v) is 9.83. The highest BCUT2D eigenvalue weighted by atomic mass is 16.2. The van der Waals surface area contributed by atoms with Gasteiger partial charge in [0.2, 0.25) is 5.82 Å². The molecule has 7 heteroatoms. The minimum Gasteiger partial charge on any atom is -0.369 e. The van der Waals surface area contributed by atoms with E-state index in [0.717, 1.165) is 55.9 Å². The van der Waals surface area contributed by atoms with E-state index in [2.05, 4.69) is 68.9 Å². The number of fused-ring (bicyclic) bond motifs is 2. The van der Waals surface area contributed by atoms with Crippen molar-refractivity contribution in [1.82, 2.24) is 25.2 Å². The molecule has 1 aromatic carbocycles. The molecule has 3 aromatic rings. The van der Waals surface area contributed by atoms with Crippen molar-refractivity contribution in [3.63, 3.8) is 0 Å². The summed E-state index contributed by atoms with van der Waals surface area (Å²) >= 11 is 0. The van der Waals surface area contributed by atoms with Gasteiger partial charge in [-0.25, -0.2) is 9.50 Å². The Labute approximate surface area is 181 Å². The zero-order chi connectivity index (χ0) is 21.2. The molecule has 160 valence electrons. The third-order valence-electron chi connectivity index (χ3n) is 7.54. The summed E-state index contributed by atoms with van der Waals surface area (Å²) in [5.74, 6) is 0.632. The molecule has 3 aliphatic rings. The fourth-order valence-corrected chi connectivity index (χ4v) is 5.47. The molecule has 1 amide bonds. The van der Waals surface area contributed by atoms with Crippen LogP contribution in [0.15, 0.2) is 42.6 Å². The maximum absolute atomic E-state index is 12.8. The van der Waals surface area contributed by atoms with E-state index < -0.39 is 0 Å². The van der Waals surface area contributed by atoms with Crippen molar-refractivity contribution in [2.24, 2.45) is 5.92 Å². The van der Waals surface area contributed by atoms with Crippen molar-refractivity contribution in [3.05, 3.63) is 59.5 Å². The molecule has 2 aliphatic heterocycles. The van der Waals surface area contributed by atoms with E-state index in [4.69, 9.17) is 0 Å². The molecule has 3 fully saturated rings. The Kier molecular flexibility index (Phi) is 3.96. The van der Waals surface area contributed by atoms with Crippen LogP contribution < -0.4 is 15.5 Å². The molecule has 3 atom stereocenters. The van der Waals surface area contributed by atoms with E-state index in [-0.39, 0.29) is 22.7 Å². The average Bonchev–Trinajstić information content (AvgIpc) is 3.17. The maximum Gasteiger partial charge on any atom is 0.291 e. The number of carbonyl (C=O) groups excluding carboxylic acids is 1. The largest absolute Gasteiger partial charge is 0.369 e. The lowest BCUT2D eigenvalue weighted by molar-refractivity contribution is 0.0922. The standard InChI is InChI=1S/C24H28N6O/c1-16-10-19(29-9-8-23(2,15-29)17-6-4-3-5-7-17)13-30-21(16)26-20(28-30)22(31)27-24-11-18(24)12-25-14-24/h3-7,10,13,18,25H,8-9,11-12,14-15H2,1-2H3,(H,27,31)/t18?,23-,24?/m0/s1. The molecule has 1 saturated carbocycles. The Morgan fingerprint density at radius 1 is 1.29 bits per heavy atom. The van der Waals surface area contributed by atoms with Gasteiger partial charge in [0.1, 0.15) is 0 Å². The summed E-state index contributed by atoms with van der Waals surface area (Å²) in [6.07, 6.45) is 4.17. The van der Waals surface area contributed by atoms with E-state index in [0.29, 0.717) is 5.92 Å². The minimum absolute atomic E-state index is 0.0772. The Bertz CT molecular complexity index is 1170. The minimum atomic E-state index is -0.173. The first-order valence-corrected chi connectivity index (χ1v) is 11.2. The Morgan fingerprint density at radius 2 is 2.13 bits per heavy atom. The van der Waals surface area contributed by atoms with Gasteiger partial charge in [-0.15, -0.1) is 5.10 Å². The van der Waals surface area contributed by atoms with Crippen LogP contribution in [0.2, 0.25) is 0 Å². The molecule has 2 saturated heterocycles. The third kappa shape index (κ3) is 3.02. The van der Waals surface area contributed by atoms with Crippen LogP contribution in [0.4, 0.5) is 5.69 Å². The number of nitrogens with zero attached hydrogens (tertiary/aromatic N) is 4. The van der Waals surface area contributed by atoms with Gasteiger partial charge < -0.3 is 15.5 Å². The van der Waals surface area contributed by atoms with Gasteiger partial charge in [-0.1, -0.05) is 37.3 Å². The van der Waals surface area contributed by atoms with Crippen LogP contribution in [0.1, 0.15) is 41.5 Å². The SMILES string of the molecule is Cc1cc(N2CC[C@](C)(c3ccccc3)C2)cn2nc(C(=O)NC34CNCC3C4)nc12. The van der Waals surface area contributed by atoms with Crippen LogP contribution in [-0.4, -0.2) is 52.2 Å². The highest BCUT2D eigenvalue weighted by Crippen LogP contribution is 2.46. The predicted molar refractivity (Wildman–Crippen MR) is 120 cm³/mol. The number of benzene rings is 1. The van der Waals surface area contributed by atoms with Gasteiger partial charge in [0.05, 0.1) is 17.4 Å². The summed E-state index contributed by atoms with van der Waals surface area (Å²) in [5.41, 5.74) is 4.34. The first-order valence-electron chi connectivity index (χ1n) is 11.2. The fourth-order valence-electron chi connectivity index (χ4n) is 5.47. The van der Waals surface area contributed by atoms with Gasteiger partial charge in [-0.2, -0.15) is 0 Å². The average molecular weight is 417 g/mol. The molecule has 2 unspecified atom stereocenters. The summed E-state index contributed by atoms with van der Waals surface area (Å²) in [6.45, 7) is 8.16. The van der Waals surface area contributed by atoms with Crippen LogP contribution in [0, 0.1) is 12.8 Å². The van der Waals surface area contributed by atoms with Gasteiger partial charge in [0.15, 0.2) is 5.65 Å². The lowest BCUT2D eigenvalue weighted by atomic mass is 9.82. The molecule has 6 rings (SSSR count). The van der Waals surface area contributed by atoms with Crippen molar-refractivity contribution in [3.8, 4) is 0 Å². The Morgan fingerprint density at radius 3 is 2.87 bits per heavy atom. The number of pyridine rings is 1. The molecular formula is C24H28N6O. The van der Waals surface area contributed by atoms with Crippen LogP contribution in [0.5, 0.6) is 0 Å². The lowest BCUT2D eigenvalue weighted by Crippen LogP contribution is -2.41. The summed E-state index contributed by atoms with van der Waals surface area (Å²) in [7, 11) is 0. The number of aromatic nitrogens is 3. The zero-order valence-corrected chi connectivity index (χ0v) is 18.1. The van der Waals surface area contributed by atoms with Gasteiger partial charge in [0, 0.05) is 31.6 Å². The molecule has 1 aliphatic carbocycles. The third-order valence-corrected chi connectivity index (χ3v) is 7.54. The topological polar surface area (TPSA) is 74.6 Å². The van der Waals surface area contributed by atoms with Gasteiger partial charge in [0.25, 0.3) is 5.91 Å². The van der Waals surface area contributed by atoms with E-state index in [1.807, 2.05) is 13.1 Å². The van der Waals surface area contributed by atoms with Crippen LogP contribution >= 0.6 is 0 Å². The summed E-state index contributed by atoms with van der Waals surface area (Å²) in [6, 6.07) is 12.9. The summed E-state index contributed by atoms with van der Waals surface area (Å²) in [5, 5.41) is 11.1. The first-order chi connectivity index (χ1) is 15.0. The highest BCUT2D eigenvalue weighted by Gasteiger charge is 2.58. The van der Waals surface area contributed by atoms with Crippen molar-refractivity contribution in [2.45, 2.75) is 37.6 Å². The number of piperidine rings is 1. The molecular weight excluding hydrogens is 388 g/mol. The molecule has 0 bridgehead atoms. The van der Waals surface area contributed by atoms with Gasteiger partial charge in [-0.3, -0.25) is 4.79 Å². The zero-order valence-electron chi connectivity index (χ0n) is 18.1. The molecule has 31 heavy (non-hydrogen) atoms. The molecule has 2 aromatic heterocycles. The van der Waals surface area contributed by atoms with Gasteiger partial charge in [-0.05, 0) is 42.9 Å². The lowest BCUT2D eigenvalue weighted by Gasteiger charge is -2.26. The normalized spacial score (nSPS) is 29.4. The second kappa shape index (κ2) is 6.53. The molecule has 4 heterocycles. The van der Waals surface area contributed by atoms with E-state index >= 15 is 0 Å². The number of rotatable bonds is 4. The van der Waals surface area contributed by atoms with Crippen molar-refractivity contribution < 1.29 is 4.79 Å². The molecule has 0 spiro atoms.